The first-order chi connectivity index (χ1) is 12.8. The van der Waals surface area contributed by atoms with E-state index in [0.29, 0.717) is 16.8 Å². The summed E-state index contributed by atoms with van der Waals surface area (Å²) in [6.45, 7) is 0. The second-order valence-corrected chi connectivity index (χ2v) is 6.28. The first-order valence-electron chi connectivity index (χ1n) is 7.56. The van der Waals surface area contributed by atoms with Crippen molar-refractivity contribution in [1.82, 2.24) is 0 Å². The zero-order valence-corrected chi connectivity index (χ0v) is 15.0. The Balaban J connectivity index is 1.84. The predicted molar refractivity (Wildman–Crippen MR) is 99.0 cm³/mol. The summed E-state index contributed by atoms with van der Waals surface area (Å²) >= 11 is 11.9. The maximum absolute atomic E-state index is 13.4. The molecule has 0 aliphatic heterocycles. The minimum atomic E-state index is -1.23. The number of anilines is 1. The van der Waals surface area contributed by atoms with E-state index in [-0.39, 0.29) is 16.5 Å². The molecule has 0 aromatic heterocycles. The monoisotopic (exact) mass is 409 g/mol. The molecule has 27 heavy (non-hydrogen) atoms. The van der Waals surface area contributed by atoms with Gasteiger partial charge in [-0.2, -0.15) is 0 Å². The van der Waals surface area contributed by atoms with E-state index < -0.39 is 28.9 Å². The van der Waals surface area contributed by atoms with Gasteiger partial charge in [-0.3, -0.25) is 4.79 Å². The molecule has 138 valence electrons. The van der Waals surface area contributed by atoms with Gasteiger partial charge in [-0.25, -0.2) is 8.78 Å². The lowest BCUT2D eigenvalue weighted by Gasteiger charge is -2.11. The van der Waals surface area contributed by atoms with E-state index >= 15 is 0 Å². The summed E-state index contributed by atoms with van der Waals surface area (Å²) in [5.41, 5.74) is -0.292. The van der Waals surface area contributed by atoms with Crippen LogP contribution in [0.5, 0.6) is 17.2 Å². The van der Waals surface area contributed by atoms with Gasteiger partial charge >= 0.3 is 0 Å². The van der Waals surface area contributed by atoms with Gasteiger partial charge in [-0.05, 0) is 42.5 Å². The van der Waals surface area contributed by atoms with E-state index in [2.05, 4.69) is 5.32 Å². The van der Waals surface area contributed by atoms with Gasteiger partial charge < -0.3 is 15.2 Å². The van der Waals surface area contributed by atoms with Crippen LogP contribution < -0.4 is 10.1 Å². The summed E-state index contributed by atoms with van der Waals surface area (Å²) in [4.78, 5) is 12.2. The van der Waals surface area contributed by atoms with Crippen LogP contribution in [0.2, 0.25) is 10.0 Å². The van der Waals surface area contributed by atoms with Crippen LogP contribution in [-0.2, 0) is 0 Å². The number of carbonyl (C=O) groups excluding carboxylic acids is 1. The van der Waals surface area contributed by atoms with Crippen LogP contribution in [0.4, 0.5) is 14.5 Å². The largest absolute Gasteiger partial charge is 0.504 e. The van der Waals surface area contributed by atoms with Crippen LogP contribution in [-0.4, -0.2) is 11.0 Å². The Kier molecular flexibility index (Phi) is 5.48. The lowest BCUT2D eigenvalue weighted by molar-refractivity contribution is 0.102. The maximum Gasteiger partial charge on any atom is 0.259 e. The van der Waals surface area contributed by atoms with Crippen LogP contribution in [0.3, 0.4) is 0 Å². The van der Waals surface area contributed by atoms with Crippen molar-refractivity contribution >= 4 is 34.8 Å². The summed E-state index contributed by atoms with van der Waals surface area (Å²) in [5.74, 6) is -3.35. The van der Waals surface area contributed by atoms with Crippen molar-refractivity contribution in [3.05, 3.63) is 81.8 Å². The molecule has 0 bridgehead atoms. The third-order valence-corrected chi connectivity index (χ3v) is 4.07. The number of hydrogen-bond donors (Lipinski definition) is 2. The van der Waals surface area contributed by atoms with Gasteiger partial charge in [-0.15, -0.1) is 0 Å². The number of phenolic OH excluding ortho intramolecular Hbond substituents is 1. The third kappa shape index (κ3) is 4.48. The number of rotatable bonds is 4. The Morgan fingerprint density at radius 1 is 1.00 bits per heavy atom. The standard InChI is InChI=1S/C19H11Cl2F2NO3/c20-10-1-4-13(5-2-10)27-17-9-12(3-6-15(17)21)24-19(26)14-7-11(22)8-16(23)18(14)25/h1-9,25H,(H,24,26). The number of ether oxygens (including phenoxy) is 1. The predicted octanol–water partition coefficient (Wildman–Crippen LogP) is 6.02. The van der Waals surface area contributed by atoms with Crippen LogP contribution >= 0.6 is 23.2 Å². The molecular weight excluding hydrogens is 399 g/mol. The van der Waals surface area contributed by atoms with Crippen LogP contribution in [0.1, 0.15) is 10.4 Å². The van der Waals surface area contributed by atoms with Crippen molar-refractivity contribution in [2.75, 3.05) is 5.32 Å². The van der Waals surface area contributed by atoms with Crippen molar-refractivity contribution in [3.63, 3.8) is 0 Å². The molecule has 3 aromatic rings. The second-order valence-electron chi connectivity index (χ2n) is 5.44. The summed E-state index contributed by atoms with van der Waals surface area (Å²) in [7, 11) is 0. The maximum atomic E-state index is 13.4. The van der Waals surface area contributed by atoms with E-state index in [9.17, 15) is 18.7 Å². The van der Waals surface area contributed by atoms with E-state index in [4.69, 9.17) is 27.9 Å². The summed E-state index contributed by atoms with van der Waals surface area (Å²) in [6, 6.07) is 12.1. The molecule has 1 amide bonds. The zero-order chi connectivity index (χ0) is 19.6. The molecule has 4 nitrogen and oxygen atoms in total. The Labute approximate surface area is 162 Å². The van der Waals surface area contributed by atoms with Crippen molar-refractivity contribution in [1.29, 1.82) is 0 Å². The summed E-state index contributed by atoms with van der Waals surface area (Å²) < 4.78 is 32.4. The Morgan fingerprint density at radius 3 is 2.41 bits per heavy atom. The normalized spacial score (nSPS) is 10.5. The number of carbonyl (C=O) groups is 1. The van der Waals surface area contributed by atoms with E-state index in [1.807, 2.05) is 0 Å². The highest BCUT2D eigenvalue weighted by Gasteiger charge is 2.17. The van der Waals surface area contributed by atoms with E-state index in [0.717, 1.165) is 6.07 Å². The Morgan fingerprint density at radius 2 is 1.70 bits per heavy atom. The lowest BCUT2D eigenvalue weighted by Crippen LogP contribution is -2.13. The molecule has 3 rings (SSSR count). The quantitative estimate of drug-likeness (QED) is 0.553. The highest BCUT2D eigenvalue weighted by molar-refractivity contribution is 6.32. The third-order valence-electron chi connectivity index (χ3n) is 3.50. The minimum Gasteiger partial charge on any atom is -0.504 e. The van der Waals surface area contributed by atoms with Crippen molar-refractivity contribution in [3.8, 4) is 17.2 Å². The number of nitrogens with one attached hydrogen (secondary N) is 1. The molecule has 0 fully saturated rings. The Hall–Kier alpha value is -2.83. The Bertz CT molecular complexity index is 1010. The smallest absolute Gasteiger partial charge is 0.259 e. The molecule has 0 saturated heterocycles. The van der Waals surface area contributed by atoms with Gasteiger partial charge in [0, 0.05) is 22.8 Å². The second kappa shape index (κ2) is 7.82. The molecule has 0 radical (unpaired) electrons. The molecule has 8 heteroatoms. The highest BCUT2D eigenvalue weighted by Crippen LogP contribution is 2.33. The number of aromatic hydroxyl groups is 1. The molecular formula is C19H11Cl2F2NO3. The SMILES string of the molecule is O=C(Nc1ccc(Cl)c(Oc2ccc(Cl)cc2)c1)c1cc(F)cc(F)c1O. The molecule has 0 saturated carbocycles. The first-order valence-corrected chi connectivity index (χ1v) is 8.31. The topological polar surface area (TPSA) is 58.6 Å². The van der Waals surface area contributed by atoms with Gasteiger partial charge in [-0.1, -0.05) is 23.2 Å². The van der Waals surface area contributed by atoms with E-state index in [1.54, 1.807) is 24.3 Å². The van der Waals surface area contributed by atoms with E-state index in [1.165, 1.54) is 18.2 Å². The summed E-state index contributed by atoms with van der Waals surface area (Å²) in [5, 5.41) is 12.9. The lowest BCUT2D eigenvalue weighted by atomic mass is 10.1. The number of hydrogen-bond acceptors (Lipinski definition) is 3. The molecule has 0 heterocycles. The molecule has 0 unspecified atom stereocenters. The summed E-state index contributed by atoms with van der Waals surface area (Å²) in [6.07, 6.45) is 0. The van der Waals surface area contributed by atoms with Gasteiger partial charge in [0.1, 0.15) is 17.3 Å². The number of halogens is 4. The van der Waals surface area contributed by atoms with Gasteiger partial charge in [0.05, 0.1) is 10.6 Å². The molecule has 0 atom stereocenters. The average molecular weight is 410 g/mol. The number of amides is 1. The fraction of sp³-hybridized carbons (Fsp3) is 0. The fourth-order valence-corrected chi connectivity index (χ4v) is 2.51. The van der Waals surface area contributed by atoms with Gasteiger partial charge in [0.2, 0.25) is 0 Å². The fourth-order valence-electron chi connectivity index (χ4n) is 2.23. The number of phenols is 1. The first kappa shape index (κ1) is 18.9. The molecule has 0 spiro atoms. The van der Waals surface area contributed by atoms with Gasteiger partial charge in [0.15, 0.2) is 11.6 Å². The van der Waals surface area contributed by atoms with Crippen molar-refractivity contribution < 1.29 is 23.4 Å². The van der Waals surface area contributed by atoms with Crippen LogP contribution in [0, 0.1) is 11.6 Å². The van der Waals surface area contributed by atoms with Crippen LogP contribution in [0.15, 0.2) is 54.6 Å². The molecule has 0 aliphatic rings. The average Bonchev–Trinajstić information content (AvgIpc) is 2.62. The molecule has 3 aromatic carbocycles. The van der Waals surface area contributed by atoms with Crippen molar-refractivity contribution in [2.45, 2.75) is 0 Å². The van der Waals surface area contributed by atoms with Crippen molar-refractivity contribution in [2.24, 2.45) is 0 Å². The minimum absolute atomic E-state index is 0.242. The zero-order valence-electron chi connectivity index (χ0n) is 13.5. The van der Waals surface area contributed by atoms with Crippen LogP contribution in [0.25, 0.3) is 0 Å². The number of benzene rings is 3. The molecule has 2 N–H and O–H groups in total. The molecule has 0 aliphatic carbocycles. The highest BCUT2D eigenvalue weighted by atomic mass is 35.5. The van der Waals surface area contributed by atoms with Gasteiger partial charge in [0.25, 0.3) is 5.91 Å².